The summed E-state index contributed by atoms with van der Waals surface area (Å²) in [5, 5.41) is 18.0. The average Bonchev–Trinajstić information content (AvgIpc) is 3.28. The number of nitrogens with zero attached hydrogens (tertiary/aromatic N) is 1. The van der Waals surface area contributed by atoms with E-state index < -0.39 is 29.3 Å². The molecule has 1 saturated carbocycles. The van der Waals surface area contributed by atoms with E-state index in [0.717, 1.165) is 18.9 Å². The van der Waals surface area contributed by atoms with Crippen molar-refractivity contribution >= 4 is 40.5 Å². The molecule has 0 atom stereocenters. The lowest BCUT2D eigenvalue weighted by Crippen LogP contribution is -2.33. The first kappa shape index (κ1) is 18.5. The normalized spacial score (nSPS) is 12.9. The Morgan fingerprint density at radius 2 is 2.04 bits per heavy atom. The predicted octanol–water partition coefficient (Wildman–Crippen LogP) is 2.34. The van der Waals surface area contributed by atoms with Crippen LogP contribution in [0, 0.1) is 10.1 Å². The molecule has 3 rings (SSSR count). The van der Waals surface area contributed by atoms with E-state index in [-0.39, 0.29) is 17.3 Å². The van der Waals surface area contributed by atoms with Crippen molar-refractivity contribution in [2.75, 3.05) is 11.9 Å². The lowest BCUT2D eigenvalue weighted by molar-refractivity contribution is -0.384. The molecule has 0 spiro atoms. The summed E-state index contributed by atoms with van der Waals surface area (Å²) in [4.78, 5) is 46.5. The Labute approximate surface area is 157 Å². The monoisotopic (exact) mass is 389 g/mol. The Balaban J connectivity index is 1.58. The topological polar surface area (TPSA) is 128 Å². The number of carbonyl (C=O) groups is 3. The number of rotatable bonds is 7. The molecule has 2 N–H and O–H groups in total. The fourth-order valence-electron chi connectivity index (χ4n) is 2.23. The Morgan fingerprint density at radius 3 is 2.67 bits per heavy atom. The van der Waals surface area contributed by atoms with Gasteiger partial charge in [-0.25, -0.2) is 4.79 Å². The van der Waals surface area contributed by atoms with Gasteiger partial charge in [0.2, 0.25) is 0 Å². The minimum Gasteiger partial charge on any atom is -0.452 e. The van der Waals surface area contributed by atoms with Crippen LogP contribution >= 0.6 is 11.3 Å². The summed E-state index contributed by atoms with van der Waals surface area (Å²) in [6.07, 6.45) is 1.89. The number of benzene rings is 1. The molecule has 2 aromatic rings. The highest BCUT2D eigenvalue weighted by Crippen LogP contribution is 2.31. The first-order valence-corrected chi connectivity index (χ1v) is 8.92. The molecule has 1 fully saturated rings. The number of carbonyl (C=O) groups excluding carboxylic acids is 3. The Bertz CT molecular complexity index is 892. The fourth-order valence-corrected chi connectivity index (χ4v) is 2.84. The van der Waals surface area contributed by atoms with Crippen molar-refractivity contribution in [3.05, 3.63) is 56.3 Å². The van der Waals surface area contributed by atoms with E-state index >= 15 is 0 Å². The van der Waals surface area contributed by atoms with Gasteiger partial charge < -0.3 is 10.1 Å². The molecule has 1 aliphatic rings. The summed E-state index contributed by atoms with van der Waals surface area (Å²) in [5.74, 6) is -2.27. The second-order valence-electron chi connectivity index (χ2n) is 5.84. The molecule has 1 heterocycles. The fraction of sp³-hybridized carbons (Fsp3) is 0.235. The molecular formula is C17H15N3O6S. The lowest BCUT2D eigenvalue weighted by atomic mass is 10.1. The van der Waals surface area contributed by atoms with Crippen molar-refractivity contribution in [3.63, 3.8) is 0 Å². The van der Waals surface area contributed by atoms with Gasteiger partial charge in [-0.1, -0.05) is 6.07 Å². The van der Waals surface area contributed by atoms with Gasteiger partial charge in [0.15, 0.2) is 6.61 Å². The molecule has 1 aliphatic carbocycles. The highest BCUT2D eigenvalue weighted by atomic mass is 32.1. The number of nitro groups is 1. The van der Waals surface area contributed by atoms with Crippen molar-refractivity contribution in [1.82, 2.24) is 5.32 Å². The number of ether oxygens (including phenoxy) is 1. The van der Waals surface area contributed by atoms with Crippen LogP contribution < -0.4 is 10.6 Å². The minimum absolute atomic E-state index is 0.0552. The molecule has 10 heteroatoms. The first-order chi connectivity index (χ1) is 12.9. The van der Waals surface area contributed by atoms with Crippen LogP contribution in [0.1, 0.15) is 32.9 Å². The van der Waals surface area contributed by atoms with Crippen molar-refractivity contribution < 1.29 is 24.0 Å². The van der Waals surface area contributed by atoms with Gasteiger partial charge in [0, 0.05) is 12.1 Å². The van der Waals surface area contributed by atoms with E-state index in [1.165, 1.54) is 23.5 Å². The van der Waals surface area contributed by atoms with Crippen molar-refractivity contribution in [3.8, 4) is 0 Å². The summed E-state index contributed by atoms with van der Waals surface area (Å²) >= 11 is 1.17. The summed E-state index contributed by atoms with van der Waals surface area (Å²) in [6.45, 7) is -0.675. The molecular weight excluding hydrogens is 374 g/mol. The Kier molecular flexibility index (Phi) is 5.46. The number of esters is 1. The molecule has 27 heavy (non-hydrogen) atoms. The maximum atomic E-state index is 12.1. The lowest BCUT2D eigenvalue weighted by Gasteiger charge is -2.08. The van der Waals surface area contributed by atoms with Crippen LogP contribution in [-0.4, -0.2) is 35.4 Å². The van der Waals surface area contributed by atoms with Crippen LogP contribution in [0.15, 0.2) is 35.7 Å². The smallest absolute Gasteiger partial charge is 0.338 e. The van der Waals surface area contributed by atoms with Gasteiger partial charge in [-0.3, -0.25) is 25.0 Å². The third-order valence-corrected chi connectivity index (χ3v) is 4.57. The van der Waals surface area contributed by atoms with E-state index in [9.17, 15) is 24.5 Å². The number of nitro benzene ring substituents is 1. The van der Waals surface area contributed by atoms with E-state index in [0.29, 0.717) is 10.6 Å². The summed E-state index contributed by atoms with van der Waals surface area (Å²) in [5.41, 5.74) is 0.0347. The van der Waals surface area contributed by atoms with E-state index in [1.807, 2.05) is 0 Å². The zero-order chi connectivity index (χ0) is 19.4. The highest BCUT2D eigenvalue weighted by Gasteiger charge is 2.26. The molecule has 1 aromatic heterocycles. The van der Waals surface area contributed by atoms with Gasteiger partial charge in [-0.2, -0.15) is 0 Å². The van der Waals surface area contributed by atoms with Crippen molar-refractivity contribution in [1.29, 1.82) is 0 Å². The van der Waals surface area contributed by atoms with Crippen LogP contribution in [0.3, 0.4) is 0 Å². The zero-order valence-electron chi connectivity index (χ0n) is 14.0. The van der Waals surface area contributed by atoms with Crippen LogP contribution in [0.5, 0.6) is 0 Å². The number of hydrogen-bond donors (Lipinski definition) is 2. The van der Waals surface area contributed by atoms with Gasteiger partial charge in [0.25, 0.3) is 17.5 Å². The molecule has 0 bridgehead atoms. The van der Waals surface area contributed by atoms with Crippen LogP contribution in [-0.2, 0) is 9.53 Å². The minimum atomic E-state index is -0.894. The van der Waals surface area contributed by atoms with Gasteiger partial charge in [-0.15, -0.1) is 11.3 Å². The second kappa shape index (κ2) is 7.96. The molecule has 0 unspecified atom stereocenters. The zero-order valence-corrected chi connectivity index (χ0v) is 14.8. The second-order valence-corrected chi connectivity index (χ2v) is 6.79. The number of nitrogens with one attached hydrogen (secondary N) is 2. The van der Waals surface area contributed by atoms with Crippen molar-refractivity contribution in [2.45, 2.75) is 18.9 Å². The molecule has 2 amide bonds. The number of amides is 2. The highest BCUT2D eigenvalue weighted by molar-refractivity contribution is 7.12. The predicted molar refractivity (Wildman–Crippen MR) is 96.8 cm³/mol. The van der Waals surface area contributed by atoms with Gasteiger partial charge >= 0.3 is 5.97 Å². The molecule has 0 saturated heterocycles. The standard InChI is InChI=1S/C17H15N3O6S/c21-15(19-16(22)14-2-1-7-27-14)9-26-17(23)10-3-6-12(18-11-4-5-11)13(8-10)20(24)25/h1-3,6-8,11,18H,4-5,9H2,(H,19,21,22). The quantitative estimate of drug-likeness (QED) is 0.422. The van der Waals surface area contributed by atoms with Crippen LogP contribution in [0.4, 0.5) is 11.4 Å². The van der Waals surface area contributed by atoms with E-state index in [2.05, 4.69) is 10.6 Å². The van der Waals surface area contributed by atoms with Gasteiger partial charge in [-0.05, 0) is 36.4 Å². The van der Waals surface area contributed by atoms with Crippen LogP contribution in [0.25, 0.3) is 0 Å². The van der Waals surface area contributed by atoms with Gasteiger partial charge in [0.05, 0.1) is 15.4 Å². The first-order valence-electron chi connectivity index (χ1n) is 8.04. The summed E-state index contributed by atoms with van der Waals surface area (Å²) in [6, 6.07) is 7.35. The molecule has 9 nitrogen and oxygen atoms in total. The summed E-state index contributed by atoms with van der Waals surface area (Å²) in [7, 11) is 0. The number of anilines is 1. The Hall–Kier alpha value is -3.27. The van der Waals surface area contributed by atoms with E-state index in [4.69, 9.17) is 4.74 Å². The molecule has 1 aromatic carbocycles. The summed E-state index contributed by atoms with van der Waals surface area (Å²) < 4.78 is 4.83. The number of thiophene rings is 1. The molecule has 0 aliphatic heterocycles. The van der Waals surface area contributed by atoms with Crippen molar-refractivity contribution in [2.24, 2.45) is 0 Å². The van der Waals surface area contributed by atoms with Gasteiger partial charge in [0.1, 0.15) is 5.69 Å². The van der Waals surface area contributed by atoms with E-state index in [1.54, 1.807) is 17.5 Å². The Morgan fingerprint density at radius 1 is 1.26 bits per heavy atom. The maximum Gasteiger partial charge on any atom is 0.338 e. The molecule has 140 valence electrons. The largest absolute Gasteiger partial charge is 0.452 e. The van der Waals surface area contributed by atoms with Crippen LogP contribution in [0.2, 0.25) is 0 Å². The number of hydrogen-bond acceptors (Lipinski definition) is 8. The average molecular weight is 389 g/mol. The third-order valence-electron chi connectivity index (χ3n) is 3.70. The SMILES string of the molecule is O=C(COC(=O)c1ccc(NC2CC2)c([N+](=O)[O-])c1)NC(=O)c1cccs1. The third kappa shape index (κ3) is 4.88. The molecule has 0 radical (unpaired) electrons. The number of imide groups is 1. The maximum absolute atomic E-state index is 12.1.